The zero-order chi connectivity index (χ0) is 11.5. The summed E-state index contributed by atoms with van der Waals surface area (Å²) in [5, 5.41) is 8.73. The van der Waals surface area contributed by atoms with E-state index in [0.29, 0.717) is 12.5 Å². The molecule has 0 saturated heterocycles. The lowest BCUT2D eigenvalue weighted by molar-refractivity contribution is -0.136. The van der Waals surface area contributed by atoms with Crippen molar-refractivity contribution in [2.24, 2.45) is 5.92 Å². The third kappa shape index (κ3) is 2.35. The number of carboxylic acid groups (broad SMARTS) is 1. The van der Waals surface area contributed by atoms with Crippen molar-refractivity contribution in [2.45, 2.75) is 19.8 Å². The van der Waals surface area contributed by atoms with Crippen LogP contribution in [0.4, 0.5) is 5.69 Å². The quantitative estimate of drug-likeness (QED) is 0.847. The Hall–Kier alpha value is -1.51. The summed E-state index contributed by atoms with van der Waals surface area (Å²) in [4.78, 5) is 12.8. The Kier molecular flexibility index (Phi) is 3.13. The van der Waals surface area contributed by atoms with Gasteiger partial charge in [-0.05, 0) is 24.0 Å². The number of carboxylic acids is 1. The van der Waals surface area contributed by atoms with Gasteiger partial charge in [0.05, 0.1) is 6.42 Å². The summed E-state index contributed by atoms with van der Waals surface area (Å²) in [5.74, 6) is -0.126. The Morgan fingerprint density at radius 3 is 3.00 bits per heavy atom. The predicted octanol–water partition coefficient (Wildman–Crippen LogP) is 2.16. The first-order chi connectivity index (χ1) is 7.66. The van der Waals surface area contributed by atoms with E-state index < -0.39 is 5.97 Å². The summed E-state index contributed by atoms with van der Waals surface area (Å²) in [6, 6.07) is 8.29. The van der Waals surface area contributed by atoms with Gasteiger partial charge in [0.2, 0.25) is 0 Å². The smallest absolute Gasteiger partial charge is 0.305 e. The highest BCUT2D eigenvalue weighted by atomic mass is 16.4. The minimum Gasteiger partial charge on any atom is -0.481 e. The highest BCUT2D eigenvalue weighted by Crippen LogP contribution is 2.29. The maximum Gasteiger partial charge on any atom is 0.305 e. The van der Waals surface area contributed by atoms with Gasteiger partial charge < -0.3 is 10.0 Å². The Morgan fingerprint density at radius 2 is 2.25 bits per heavy atom. The lowest BCUT2D eigenvalue weighted by atomic mass is 9.94. The summed E-state index contributed by atoms with van der Waals surface area (Å²) in [5.41, 5.74) is 2.55. The number of hydrogen-bond acceptors (Lipinski definition) is 2. The van der Waals surface area contributed by atoms with E-state index in [1.54, 1.807) is 0 Å². The molecule has 1 aromatic rings. The monoisotopic (exact) mass is 219 g/mol. The molecule has 1 unspecified atom stereocenters. The van der Waals surface area contributed by atoms with Gasteiger partial charge >= 0.3 is 5.97 Å². The summed E-state index contributed by atoms with van der Waals surface area (Å²) >= 11 is 0. The Balaban J connectivity index is 2.16. The highest BCUT2D eigenvalue weighted by Gasteiger charge is 2.21. The molecule has 2 rings (SSSR count). The molecule has 0 aliphatic carbocycles. The zero-order valence-electron chi connectivity index (χ0n) is 9.52. The molecule has 0 saturated carbocycles. The lowest BCUT2D eigenvalue weighted by Crippen LogP contribution is -2.35. The van der Waals surface area contributed by atoms with Gasteiger partial charge in [-0.25, -0.2) is 0 Å². The van der Waals surface area contributed by atoms with E-state index in [-0.39, 0.29) is 6.42 Å². The Labute approximate surface area is 95.7 Å². The van der Waals surface area contributed by atoms with Gasteiger partial charge in [-0.3, -0.25) is 4.79 Å². The first kappa shape index (κ1) is 11.0. The molecule has 1 heterocycles. The molecular weight excluding hydrogens is 202 g/mol. The Bertz CT molecular complexity index is 389. The molecule has 0 amide bonds. The summed E-state index contributed by atoms with van der Waals surface area (Å²) in [6.45, 7) is 3.78. The molecule has 1 aliphatic rings. The molecule has 1 aromatic carbocycles. The minimum atomic E-state index is -0.726. The van der Waals surface area contributed by atoms with Crippen molar-refractivity contribution in [3.8, 4) is 0 Å². The van der Waals surface area contributed by atoms with E-state index in [0.717, 1.165) is 13.0 Å². The molecule has 0 radical (unpaired) electrons. The SMILES string of the molecule is CC1Cc2ccccc2N(CCC(=O)O)C1. The van der Waals surface area contributed by atoms with Crippen LogP contribution < -0.4 is 4.90 Å². The number of para-hydroxylation sites is 1. The molecule has 1 atom stereocenters. The van der Waals surface area contributed by atoms with Crippen molar-refractivity contribution in [3.05, 3.63) is 29.8 Å². The van der Waals surface area contributed by atoms with Crippen LogP contribution >= 0.6 is 0 Å². The maximum absolute atomic E-state index is 10.6. The van der Waals surface area contributed by atoms with Gasteiger partial charge in [-0.15, -0.1) is 0 Å². The second-order valence-electron chi connectivity index (χ2n) is 4.53. The molecule has 0 spiro atoms. The molecule has 3 nitrogen and oxygen atoms in total. The van der Waals surface area contributed by atoms with E-state index in [2.05, 4.69) is 24.0 Å². The molecule has 3 heteroatoms. The second-order valence-corrected chi connectivity index (χ2v) is 4.53. The number of nitrogens with zero attached hydrogens (tertiary/aromatic N) is 1. The van der Waals surface area contributed by atoms with E-state index in [4.69, 9.17) is 5.11 Å². The van der Waals surface area contributed by atoms with Crippen LogP contribution in [-0.4, -0.2) is 24.2 Å². The molecule has 0 aromatic heterocycles. The summed E-state index contributed by atoms with van der Waals surface area (Å²) < 4.78 is 0. The van der Waals surface area contributed by atoms with Crippen molar-refractivity contribution in [1.29, 1.82) is 0 Å². The van der Waals surface area contributed by atoms with Crippen molar-refractivity contribution >= 4 is 11.7 Å². The van der Waals surface area contributed by atoms with Crippen LogP contribution in [-0.2, 0) is 11.2 Å². The van der Waals surface area contributed by atoms with E-state index in [1.807, 2.05) is 12.1 Å². The summed E-state index contributed by atoms with van der Waals surface area (Å²) in [6.07, 6.45) is 1.31. The van der Waals surface area contributed by atoms with Crippen molar-refractivity contribution < 1.29 is 9.90 Å². The van der Waals surface area contributed by atoms with Crippen LogP contribution in [0.25, 0.3) is 0 Å². The zero-order valence-corrected chi connectivity index (χ0v) is 9.52. The van der Waals surface area contributed by atoms with E-state index in [1.165, 1.54) is 11.3 Å². The number of hydrogen-bond donors (Lipinski definition) is 1. The first-order valence-corrected chi connectivity index (χ1v) is 5.71. The second kappa shape index (κ2) is 4.56. The highest BCUT2D eigenvalue weighted by molar-refractivity contribution is 5.68. The Morgan fingerprint density at radius 1 is 1.50 bits per heavy atom. The number of carbonyl (C=O) groups is 1. The van der Waals surface area contributed by atoms with Crippen molar-refractivity contribution in [1.82, 2.24) is 0 Å². The average molecular weight is 219 g/mol. The van der Waals surface area contributed by atoms with Crippen LogP contribution in [0.5, 0.6) is 0 Å². The molecule has 16 heavy (non-hydrogen) atoms. The van der Waals surface area contributed by atoms with Gasteiger partial charge in [-0.2, -0.15) is 0 Å². The first-order valence-electron chi connectivity index (χ1n) is 5.71. The van der Waals surface area contributed by atoms with Gasteiger partial charge in [0, 0.05) is 18.8 Å². The maximum atomic E-state index is 10.6. The van der Waals surface area contributed by atoms with Crippen molar-refractivity contribution in [2.75, 3.05) is 18.0 Å². The molecule has 1 N–H and O–H groups in total. The molecular formula is C13H17NO2. The van der Waals surface area contributed by atoms with Crippen molar-refractivity contribution in [3.63, 3.8) is 0 Å². The van der Waals surface area contributed by atoms with Gasteiger partial charge in [0.25, 0.3) is 0 Å². The van der Waals surface area contributed by atoms with Gasteiger partial charge in [0.15, 0.2) is 0 Å². The van der Waals surface area contributed by atoms with Gasteiger partial charge in [0.1, 0.15) is 0 Å². The van der Waals surface area contributed by atoms with E-state index >= 15 is 0 Å². The van der Waals surface area contributed by atoms with Gasteiger partial charge in [-0.1, -0.05) is 25.1 Å². The normalized spacial score (nSPS) is 19.3. The molecule has 0 bridgehead atoms. The molecule has 1 aliphatic heterocycles. The third-order valence-electron chi connectivity index (χ3n) is 3.03. The standard InChI is InChI=1S/C13H17NO2/c1-10-8-11-4-2-3-5-12(11)14(9-10)7-6-13(15)16/h2-5,10H,6-9H2,1H3,(H,15,16). The molecule has 0 fully saturated rings. The van der Waals surface area contributed by atoms with E-state index in [9.17, 15) is 4.79 Å². The van der Waals surface area contributed by atoms with Crippen LogP contribution in [0.3, 0.4) is 0 Å². The fourth-order valence-electron chi connectivity index (χ4n) is 2.35. The minimum absolute atomic E-state index is 0.209. The average Bonchev–Trinajstić information content (AvgIpc) is 2.25. The largest absolute Gasteiger partial charge is 0.481 e. The van der Waals surface area contributed by atoms with Crippen LogP contribution in [0.15, 0.2) is 24.3 Å². The predicted molar refractivity (Wildman–Crippen MR) is 63.8 cm³/mol. The number of anilines is 1. The number of benzene rings is 1. The number of fused-ring (bicyclic) bond motifs is 1. The number of rotatable bonds is 3. The third-order valence-corrected chi connectivity index (χ3v) is 3.03. The van der Waals surface area contributed by atoms with Crippen LogP contribution in [0.1, 0.15) is 18.9 Å². The number of aliphatic carboxylic acids is 1. The topological polar surface area (TPSA) is 40.5 Å². The summed E-state index contributed by atoms with van der Waals surface area (Å²) in [7, 11) is 0. The fourth-order valence-corrected chi connectivity index (χ4v) is 2.35. The van der Waals surface area contributed by atoms with Crippen LogP contribution in [0.2, 0.25) is 0 Å². The molecule has 86 valence electrons. The van der Waals surface area contributed by atoms with Crippen LogP contribution in [0, 0.1) is 5.92 Å². The lowest BCUT2D eigenvalue weighted by Gasteiger charge is -2.34. The fraction of sp³-hybridized carbons (Fsp3) is 0.462.